The first-order valence-corrected chi connectivity index (χ1v) is 9.86. The van der Waals surface area contributed by atoms with E-state index in [4.69, 9.17) is 26.8 Å². The van der Waals surface area contributed by atoms with Crippen LogP contribution >= 0.6 is 11.6 Å². The third-order valence-corrected chi connectivity index (χ3v) is 5.82. The summed E-state index contributed by atoms with van der Waals surface area (Å²) in [5, 5.41) is 0.663. The number of rotatable bonds is 6. The molecule has 2 fully saturated rings. The molecule has 1 heterocycles. The molecule has 0 aromatic heterocycles. The molecule has 1 saturated carbocycles. The lowest BCUT2D eigenvalue weighted by Gasteiger charge is -2.42. The van der Waals surface area contributed by atoms with E-state index >= 15 is 0 Å². The number of hydrogen-bond donors (Lipinski definition) is 1. The summed E-state index contributed by atoms with van der Waals surface area (Å²) in [6.07, 6.45) is 4.10. The Balaban J connectivity index is 1.71. The Morgan fingerprint density at radius 1 is 1.37 bits per heavy atom. The van der Waals surface area contributed by atoms with Crippen molar-refractivity contribution in [2.24, 2.45) is 11.7 Å². The summed E-state index contributed by atoms with van der Waals surface area (Å²) in [6, 6.07) is 5.38. The van der Waals surface area contributed by atoms with Crippen molar-refractivity contribution in [1.82, 2.24) is 4.90 Å². The average molecular weight is 395 g/mol. The van der Waals surface area contributed by atoms with E-state index in [0.717, 1.165) is 31.2 Å². The largest absolute Gasteiger partial charge is 0.490 e. The SMILES string of the molecule is Cc1cc(OCC2(CC(N)=O)CN(C(=O)C3CCCC3)CCO2)ccc1Cl. The Morgan fingerprint density at radius 3 is 2.78 bits per heavy atom. The molecule has 1 aliphatic carbocycles. The van der Waals surface area contributed by atoms with E-state index in [2.05, 4.69) is 0 Å². The molecule has 1 saturated heterocycles. The first-order chi connectivity index (χ1) is 12.9. The van der Waals surface area contributed by atoms with Crippen molar-refractivity contribution in [2.45, 2.75) is 44.6 Å². The summed E-state index contributed by atoms with van der Waals surface area (Å²) >= 11 is 6.06. The third kappa shape index (κ3) is 4.93. The van der Waals surface area contributed by atoms with Crippen LogP contribution in [0.15, 0.2) is 18.2 Å². The highest BCUT2D eigenvalue weighted by atomic mass is 35.5. The second-order valence-corrected chi connectivity index (χ2v) is 8.02. The molecule has 27 heavy (non-hydrogen) atoms. The summed E-state index contributed by atoms with van der Waals surface area (Å²) in [5.41, 5.74) is 5.45. The molecule has 148 valence electrons. The van der Waals surface area contributed by atoms with Gasteiger partial charge in [-0.1, -0.05) is 24.4 Å². The first kappa shape index (κ1) is 20.0. The molecular weight excluding hydrogens is 368 g/mol. The lowest BCUT2D eigenvalue weighted by molar-refractivity contribution is -0.164. The minimum absolute atomic E-state index is 0.00795. The van der Waals surface area contributed by atoms with Crippen LogP contribution in [0.25, 0.3) is 0 Å². The van der Waals surface area contributed by atoms with E-state index in [-0.39, 0.29) is 24.9 Å². The number of aryl methyl sites for hydroxylation is 1. The van der Waals surface area contributed by atoms with Crippen LogP contribution in [0.5, 0.6) is 5.75 Å². The zero-order valence-corrected chi connectivity index (χ0v) is 16.5. The molecule has 0 bridgehead atoms. The molecule has 1 unspecified atom stereocenters. The number of ether oxygens (including phenoxy) is 2. The minimum atomic E-state index is -0.925. The van der Waals surface area contributed by atoms with Gasteiger partial charge in [-0.25, -0.2) is 0 Å². The van der Waals surface area contributed by atoms with Gasteiger partial charge in [-0.3, -0.25) is 9.59 Å². The number of benzene rings is 1. The summed E-state index contributed by atoms with van der Waals surface area (Å²) in [7, 11) is 0. The summed E-state index contributed by atoms with van der Waals surface area (Å²) in [4.78, 5) is 26.3. The van der Waals surface area contributed by atoms with E-state index in [1.807, 2.05) is 17.9 Å². The van der Waals surface area contributed by atoms with Gasteiger partial charge in [0.25, 0.3) is 0 Å². The second kappa shape index (κ2) is 8.48. The monoisotopic (exact) mass is 394 g/mol. The number of hydrogen-bond acceptors (Lipinski definition) is 4. The van der Waals surface area contributed by atoms with Gasteiger partial charge in [0.1, 0.15) is 18.0 Å². The molecule has 7 heteroatoms. The molecule has 0 radical (unpaired) electrons. The lowest BCUT2D eigenvalue weighted by atomic mass is 9.96. The molecule has 2 amide bonds. The van der Waals surface area contributed by atoms with Crippen molar-refractivity contribution >= 4 is 23.4 Å². The predicted molar refractivity (Wildman–Crippen MR) is 103 cm³/mol. The summed E-state index contributed by atoms with van der Waals surface area (Å²) < 4.78 is 11.9. The maximum Gasteiger partial charge on any atom is 0.225 e. The Bertz CT molecular complexity index is 705. The molecule has 1 aromatic carbocycles. The molecule has 1 atom stereocenters. The predicted octanol–water partition coefficient (Wildman–Crippen LogP) is 2.69. The quantitative estimate of drug-likeness (QED) is 0.804. The van der Waals surface area contributed by atoms with Gasteiger partial charge in [-0.05, 0) is 43.5 Å². The number of carbonyl (C=O) groups excluding carboxylic acids is 2. The van der Waals surface area contributed by atoms with Crippen molar-refractivity contribution in [3.63, 3.8) is 0 Å². The number of nitrogens with zero attached hydrogens (tertiary/aromatic N) is 1. The maximum atomic E-state index is 12.8. The van der Waals surface area contributed by atoms with Crippen molar-refractivity contribution in [3.8, 4) is 5.75 Å². The third-order valence-electron chi connectivity index (χ3n) is 5.39. The van der Waals surface area contributed by atoms with E-state index in [0.29, 0.717) is 30.5 Å². The Labute approximate surface area is 164 Å². The molecule has 6 nitrogen and oxygen atoms in total. The Kier molecular flexibility index (Phi) is 6.27. The summed E-state index contributed by atoms with van der Waals surface area (Å²) in [6.45, 7) is 3.27. The van der Waals surface area contributed by atoms with E-state index < -0.39 is 11.5 Å². The van der Waals surface area contributed by atoms with Gasteiger partial charge < -0.3 is 20.1 Å². The van der Waals surface area contributed by atoms with Gasteiger partial charge in [0.15, 0.2) is 0 Å². The number of morpholine rings is 1. The van der Waals surface area contributed by atoms with E-state index in [1.165, 1.54) is 0 Å². The number of halogens is 1. The van der Waals surface area contributed by atoms with Gasteiger partial charge in [0.05, 0.1) is 19.6 Å². The highest BCUT2D eigenvalue weighted by Crippen LogP contribution is 2.30. The molecule has 2 N–H and O–H groups in total. The molecule has 2 aliphatic rings. The zero-order valence-electron chi connectivity index (χ0n) is 15.7. The van der Waals surface area contributed by atoms with Crippen LogP contribution in [0.4, 0.5) is 0 Å². The number of carbonyl (C=O) groups is 2. The van der Waals surface area contributed by atoms with Crippen LogP contribution in [0.3, 0.4) is 0 Å². The molecular formula is C20H27ClN2O4. The van der Waals surface area contributed by atoms with Crippen LogP contribution in [0, 0.1) is 12.8 Å². The highest BCUT2D eigenvalue weighted by molar-refractivity contribution is 6.31. The lowest BCUT2D eigenvalue weighted by Crippen LogP contribution is -2.58. The van der Waals surface area contributed by atoms with Crippen molar-refractivity contribution in [1.29, 1.82) is 0 Å². The number of primary amides is 1. The Hall–Kier alpha value is -1.79. The Morgan fingerprint density at radius 2 is 2.11 bits per heavy atom. The van der Waals surface area contributed by atoms with Gasteiger partial charge in [-0.15, -0.1) is 0 Å². The fourth-order valence-corrected chi connectivity index (χ4v) is 4.07. The van der Waals surface area contributed by atoms with Crippen molar-refractivity contribution < 1.29 is 19.1 Å². The van der Waals surface area contributed by atoms with Gasteiger partial charge >= 0.3 is 0 Å². The smallest absolute Gasteiger partial charge is 0.225 e. The normalized spacial score (nSPS) is 23.4. The topological polar surface area (TPSA) is 81.9 Å². The van der Waals surface area contributed by atoms with Crippen LogP contribution in [-0.2, 0) is 14.3 Å². The molecule has 1 aliphatic heterocycles. The molecule has 0 spiro atoms. The average Bonchev–Trinajstić information content (AvgIpc) is 3.16. The number of amides is 2. The van der Waals surface area contributed by atoms with Crippen LogP contribution in [0.2, 0.25) is 5.02 Å². The van der Waals surface area contributed by atoms with Gasteiger partial charge in [0, 0.05) is 17.5 Å². The summed E-state index contributed by atoms with van der Waals surface area (Å²) in [5.74, 6) is 0.422. The van der Waals surface area contributed by atoms with Crippen LogP contribution < -0.4 is 10.5 Å². The van der Waals surface area contributed by atoms with Crippen LogP contribution in [-0.4, -0.2) is 48.6 Å². The van der Waals surface area contributed by atoms with Crippen LogP contribution in [0.1, 0.15) is 37.7 Å². The maximum absolute atomic E-state index is 12.8. The fourth-order valence-electron chi connectivity index (χ4n) is 3.95. The fraction of sp³-hybridized carbons (Fsp3) is 0.600. The van der Waals surface area contributed by atoms with Gasteiger partial charge in [0.2, 0.25) is 11.8 Å². The van der Waals surface area contributed by atoms with E-state index in [1.54, 1.807) is 12.1 Å². The number of nitrogens with two attached hydrogens (primary N) is 1. The van der Waals surface area contributed by atoms with Gasteiger partial charge in [-0.2, -0.15) is 0 Å². The molecule has 3 rings (SSSR count). The highest BCUT2D eigenvalue weighted by Gasteiger charge is 2.42. The molecule has 1 aromatic rings. The van der Waals surface area contributed by atoms with E-state index in [9.17, 15) is 9.59 Å². The minimum Gasteiger partial charge on any atom is -0.490 e. The second-order valence-electron chi connectivity index (χ2n) is 7.62. The van der Waals surface area contributed by atoms with Crippen molar-refractivity contribution in [2.75, 3.05) is 26.3 Å². The zero-order chi connectivity index (χ0) is 19.4. The first-order valence-electron chi connectivity index (χ1n) is 9.48. The standard InChI is InChI=1S/C20H27ClN2O4/c1-14-10-16(6-7-17(14)21)26-13-20(11-18(22)24)12-23(8-9-27-20)19(25)15-4-2-3-5-15/h6-7,10,15H,2-5,8-9,11-13H2,1H3,(H2,22,24). The van der Waals surface area contributed by atoms with Crippen molar-refractivity contribution in [3.05, 3.63) is 28.8 Å².